The second kappa shape index (κ2) is 6.81. The van der Waals surface area contributed by atoms with E-state index in [0.29, 0.717) is 11.1 Å². The quantitative estimate of drug-likeness (QED) is 0.364. The Kier molecular flexibility index (Phi) is 4.84. The fraction of sp³-hybridized carbons (Fsp3) is 0. The molecule has 0 heterocycles. The Morgan fingerprint density at radius 1 is 1.14 bits per heavy atom. The summed E-state index contributed by atoms with van der Waals surface area (Å²) in [5, 5.41) is 10.4. The highest BCUT2D eigenvalue weighted by Crippen LogP contribution is 2.21. The molecule has 0 saturated heterocycles. The predicted octanol–water partition coefficient (Wildman–Crippen LogP) is 3.92. The summed E-state index contributed by atoms with van der Waals surface area (Å²) in [5.41, 5.74) is 0.853. The van der Waals surface area contributed by atoms with E-state index in [1.807, 2.05) is 0 Å². The number of para-hydroxylation sites is 1. The summed E-state index contributed by atoms with van der Waals surface area (Å²) in [6, 6.07) is 13.3. The zero-order valence-corrected chi connectivity index (χ0v) is 12.3. The second-order valence-electron chi connectivity index (χ2n) is 4.04. The molecule has 6 heteroatoms. The van der Waals surface area contributed by atoms with Gasteiger partial charge in [-0.2, -0.15) is 0 Å². The van der Waals surface area contributed by atoms with E-state index in [2.05, 4.69) is 15.9 Å². The monoisotopic (exact) mass is 347 g/mol. The summed E-state index contributed by atoms with van der Waals surface area (Å²) >= 11 is 3.28. The number of rotatable bonds is 4. The highest BCUT2D eigenvalue weighted by molar-refractivity contribution is 9.10. The highest BCUT2D eigenvalue weighted by Gasteiger charge is 2.10. The molecule has 0 unspecified atom stereocenters. The first kappa shape index (κ1) is 14.9. The van der Waals surface area contributed by atoms with Crippen LogP contribution in [0.3, 0.4) is 0 Å². The average Bonchev–Trinajstić information content (AvgIpc) is 2.47. The number of nitro groups is 1. The van der Waals surface area contributed by atoms with Gasteiger partial charge in [-0.25, -0.2) is 4.79 Å². The molecule has 2 aromatic rings. The lowest BCUT2D eigenvalue weighted by atomic mass is 10.2. The van der Waals surface area contributed by atoms with Crippen LogP contribution in [0.25, 0.3) is 6.08 Å². The molecule has 0 spiro atoms. The third kappa shape index (κ3) is 4.25. The van der Waals surface area contributed by atoms with Crippen LogP contribution < -0.4 is 4.74 Å². The molecule has 5 nitrogen and oxygen atoms in total. The number of hydrogen-bond acceptors (Lipinski definition) is 4. The number of hydrogen-bond donors (Lipinski definition) is 0. The maximum Gasteiger partial charge on any atom is 0.343 e. The molecule has 106 valence electrons. The van der Waals surface area contributed by atoms with Gasteiger partial charge in [0, 0.05) is 16.1 Å². The van der Waals surface area contributed by atoms with Crippen molar-refractivity contribution < 1.29 is 14.5 Å². The van der Waals surface area contributed by atoms with Gasteiger partial charge in [0.25, 0.3) is 0 Å². The zero-order valence-electron chi connectivity index (χ0n) is 10.7. The molecule has 2 aromatic carbocycles. The molecule has 21 heavy (non-hydrogen) atoms. The van der Waals surface area contributed by atoms with E-state index in [0.717, 1.165) is 10.7 Å². The van der Waals surface area contributed by atoms with Crippen molar-refractivity contribution >= 4 is 28.0 Å². The van der Waals surface area contributed by atoms with Crippen LogP contribution in [0.15, 0.2) is 59.2 Å². The maximum atomic E-state index is 12.0. The van der Waals surface area contributed by atoms with Crippen molar-refractivity contribution in [1.82, 2.24) is 0 Å². The van der Waals surface area contributed by atoms with E-state index in [4.69, 9.17) is 4.74 Å². The Bertz CT molecular complexity index is 695. The van der Waals surface area contributed by atoms with E-state index in [9.17, 15) is 14.9 Å². The van der Waals surface area contributed by atoms with E-state index in [1.165, 1.54) is 6.08 Å². The molecule has 0 N–H and O–H groups in total. The van der Waals surface area contributed by atoms with Crippen LogP contribution in [0.5, 0.6) is 5.75 Å². The Hall–Kier alpha value is -2.47. The largest absolute Gasteiger partial charge is 0.422 e. The molecule has 0 aliphatic rings. The third-order valence-electron chi connectivity index (χ3n) is 2.58. The van der Waals surface area contributed by atoms with E-state index >= 15 is 0 Å². The van der Waals surface area contributed by atoms with Crippen molar-refractivity contribution in [2.24, 2.45) is 0 Å². The average molecular weight is 348 g/mol. The number of esters is 1. The lowest BCUT2D eigenvalue weighted by Crippen LogP contribution is -2.09. The predicted molar refractivity (Wildman–Crippen MR) is 81.6 cm³/mol. The molecule has 0 bridgehead atoms. The molecule has 0 saturated carbocycles. The minimum absolute atomic E-state index is 0.267. The number of halogens is 1. The van der Waals surface area contributed by atoms with Crippen LogP contribution in [0.2, 0.25) is 0 Å². The Morgan fingerprint density at radius 2 is 1.81 bits per heavy atom. The number of carbonyl (C=O) groups excluding carboxylic acids is 1. The Morgan fingerprint density at radius 3 is 2.48 bits per heavy atom. The SMILES string of the molecule is O=C(Oc1ccccc1/C=C/[N+](=O)[O-])c1ccc(Br)cc1. The van der Waals surface area contributed by atoms with Crippen LogP contribution >= 0.6 is 15.9 Å². The van der Waals surface area contributed by atoms with Gasteiger partial charge in [-0.05, 0) is 30.3 Å². The normalized spacial score (nSPS) is 10.5. The van der Waals surface area contributed by atoms with Crippen molar-refractivity contribution in [2.45, 2.75) is 0 Å². The summed E-state index contributed by atoms with van der Waals surface area (Å²) in [6.07, 6.45) is 2.08. The first-order chi connectivity index (χ1) is 10.1. The molecular formula is C15H10BrNO4. The molecule has 0 fully saturated rings. The van der Waals surface area contributed by atoms with Crippen molar-refractivity contribution in [2.75, 3.05) is 0 Å². The number of carbonyl (C=O) groups is 1. The summed E-state index contributed by atoms with van der Waals surface area (Å²) in [4.78, 5) is 21.8. The first-order valence-electron chi connectivity index (χ1n) is 5.95. The fourth-order valence-corrected chi connectivity index (χ4v) is 1.86. The van der Waals surface area contributed by atoms with Gasteiger partial charge in [0.2, 0.25) is 6.20 Å². The smallest absolute Gasteiger partial charge is 0.343 e. The van der Waals surface area contributed by atoms with Gasteiger partial charge in [0.1, 0.15) is 5.75 Å². The van der Waals surface area contributed by atoms with Crippen LogP contribution in [-0.4, -0.2) is 10.9 Å². The van der Waals surface area contributed by atoms with E-state index < -0.39 is 10.9 Å². The van der Waals surface area contributed by atoms with Crippen molar-refractivity contribution in [3.8, 4) is 5.75 Å². The van der Waals surface area contributed by atoms with Gasteiger partial charge in [0.05, 0.1) is 10.5 Å². The van der Waals surface area contributed by atoms with Gasteiger partial charge in [-0.15, -0.1) is 0 Å². The van der Waals surface area contributed by atoms with Crippen molar-refractivity contribution in [3.63, 3.8) is 0 Å². The molecule has 0 aromatic heterocycles. The summed E-state index contributed by atoms with van der Waals surface area (Å²) in [6.45, 7) is 0. The van der Waals surface area contributed by atoms with E-state index in [1.54, 1.807) is 48.5 Å². The molecular weight excluding hydrogens is 338 g/mol. The molecule has 0 radical (unpaired) electrons. The summed E-state index contributed by atoms with van der Waals surface area (Å²) < 4.78 is 6.13. The van der Waals surface area contributed by atoms with Gasteiger partial charge < -0.3 is 4.74 Å². The summed E-state index contributed by atoms with van der Waals surface area (Å²) in [7, 11) is 0. The zero-order chi connectivity index (χ0) is 15.2. The molecule has 0 aliphatic carbocycles. The topological polar surface area (TPSA) is 69.4 Å². The lowest BCUT2D eigenvalue weighted by molar-refractivity contribution is -0.400. The fourth-order valence-electron chi connectivity index (χ4n) is 1.60. The summed E-state index contributed by atoms with van der Waals surface area (Å²) in [5.74, 6) is -0.257. The highest BCUT2D eigenvalue weighted by atomic mass is 79.9. The molecule has 2 rings (SSSR count). The van der Waals surface area contributed by atoms with E-state index in [-0.39, 0.29) is 5.75 Å². The van der Waals surface area contributed by atoms with Crippen molar-refractivity contribution in [3.05, 3.63) is 80.4 Å². The first-order valence-corrected chi connectivity index (χ1v) is 6.74. The standard InChI is InChI=1S/C15H10BrNO4/c16-13-7-5-12(6-8-13)15(18)21-14-4-2-1-3-11(14)9-10-17(19)20/h1-10H/b10-9+. The molecule has 0 atom stereocenters. The van der Waals surface area contributed by atoms with Gasteiger partial charge in [0.15, 0.2) is 0 Å². The minimum atomic E-state index is -0.576. The number of nitrogens with zero attached hydrogens (tertiary/aromatic N) is 1. The van der Waals surface area contributed by atoms with Gasteiger partial charge in [-0.1, -0.05) is 34.1 Å². The van der Waals surface area contributed by atoms with Crippen LogP contribution in [0.1, 0.15) is 15.9 Å². The van der Waals surface area contributed by atoms with Crippen molar-refractivity contribution in [1.29, 1.82) is 0 Å². The Labute approximate surface area is 129 Å². The van der Waals surface area contributed by atoms with Crippen LogP contribution in [-0.2, 0) is 0 Å². The number of ether oxygens (including phenoxy) is 1. The minimum Gasteiger partial charge on any atom is -0.422 e. The van der Waals surface area contributed by atoms with Gasteiger partial charge >= 0.3 is 5.97 Å². The Balaban J connectivity index is 2.21. The maximum absolute atomic E-state index is 12.0. The molecule has 0 amide bonds. The molecule has 0 aliphatic heterocycles. The van der Waals surface area contributed by atoms with Crippen LogP contribution in [0, 0.1) is 10.1 Å². The number of benzene rings is 2. The second-order valence-corrected chi connectivity index (χ2v) is 4.95. The third-order valence-corrected chi connectivity index (χ3v) is 3.11. The van der Waals surface area contributed by atoms with Crippen LogP contribution in [0.4, 0.5) is 0 Å². The lowest BCUT2D eigenvalue weighted by Gasteiger charge is -2.07. The van der Waals surface area contributed by atoms with Gasteiger partial charge in [-0.3, -0.25) is 10.1 Å².